The van der Waals surface area contributed by atoms with Crippen molar-refractivity contribution in [2.75, 3.05) is 36.4 Å². The maximum Gasteiger partial charge on any atom is 0.321 e. The third-order valence-electron chi connectivity index (χ3n) is 5.82. The molecule has 1 aliphatic rings. The van der Waals surface area contributed by atoms with E-state index >= 15 is 0 Å². The van der Waals surface area contributed by atoms with Gasteiger partial charge >= 0.3 is 6.03 Å². The zero-order valence-electron chi connectivity index (χ0n) is 17.5. The average molecular weight is 412 g/mol. The zero-order valence-corrected chi connectivity index (χ0v) is 17.5. The van der Waals surface area contributed by atoms with Crippen molar-refractivity contribution in [1.29, 1.82) is 0 Å². The first kappa shape index (κ1) is 19.2. The molecule has 0 spiro atoms. The maximum absolute atomic E-state index is 12.8. The normalized spacial score (nSPS) is 14.1. The second-order valence-corrected chi connectivity index (χ2v) is 7.87. The number of piperazine rings is 1. The molecule has 1 fully saturated rings. The van der Waals surface area contributed by atoms with E-state index in [1.165, 1.54) is 5.69 Å². The number of amides is 2. The van der Waals surface area contributed by atoms with Crippen molar-refractivity contribution in [3.05, 3.63) is 84.9 Å². The lowest BCUT2D eigenvalue weighted by Gasteiger charge is -2.36. The van der Waals surface area contributed by atoms with E-state index < -0.39 is 0 Å². The van der Waals surface area contributed by atoms with Gasteiger partial charge in [0.25, 0.3) is 0 Å². The van der Waals surface area contributed by atoms with E-state index in [9.17, 15) is 4.79 Å². The third-order valence-corrected chi connectivity index (χ3v) is 5.82. The molecule has 2 heterocycles. The van der Waals surface area contributed by atoms with Crippen LogP contribution in [0.1, 0.15) is 5.69 Å². The van der Waals surface area contributed by atoms with Gasteiger partial charge in [-0.05, 0) is 42.6 Å². The molecule has 6 heteroatoms. The molecule has 5 rings (SSSR count). The number of nitrogens with one attached hydrogen (secondary N) is 1. The molecule has 0 unspecified atom stereocenters. The van der Waals surface area contributed by atoms with E-state index in [4.69, 9.17) is 0 Å². The number of carbonyl (C=O) groups is 1. The number of hydrogen-bond donors (Lipinski definition) is 1. The fourth-order valence-corrected chi connectivity index (χ4v) is 4.09. The molecular weight excluding hydrogens is 386 g/mol. The Morgan fingerprint density at radius 2 is 1.58 bits per heavy atom. The molecular formula is C25H25N5O. The minimum Gasteiger partial charge on any atom is -0.368 e. The molecule has 31 heavy (non-hydrogen) atoms. The van der Waals surface area contributed by atoms with Gasteiger partial charge in [0.1, 0.15) is 0 Å². The van der Waals surface area contributed by atoms with Crippen LogP contribution in [0, 0.1) is 6.92 Å². The Hall–Kier alpha value is -3.80. The molecule has 2 amide bonds. The van der Waals surface area contributed by atoms with Gasteiger partial charge in [-0.1, -0.05) is 36.4 Å². The van der Waals surface area contributed by atoms with Crippen molar-refractivity contribution in [2.24, 2.45) is 0 Å². The maximum atomic E-state index is 12.8. The van der Waals surface area contributed by atoms with Gasteiger partial charge in [-0.15, -0.1) is 0 Å². The fraction of sp³-hybridized carbons (Fsp3) is 0.200. The van der Waals surface area contributed by atoms with Crippen LogP contribution in [0.15, 0.2) is 79.3 Å². The summed E-state index contributed by atoms with van der Waals surface area (Å²) in [6.45, 7) is 5.00. The monoisotopic (exact) mass is 411 g/mol. The fourth-order valence-electron chi connectivity index (χ4n) is 4.09. The second kappa shape index (κ2) is 8.14. The van der Waals surface area contributed by atoms with Gasteiger partial charge < -0.3 is 19.7 Å². The van der Waals surface area contributed by atoms with Gasteiger partial charge in [-0.3, -0.25) is 0 Å². The first-order valence-corrected chi connectivity index (χ1v) is 10.6. The first-order valence-electron chi connectivity index (χ1n) is 10.6. The lowest BCUT2D eigenvalue weighted by Crippen LogP contribution is -2.50. The molecule has 1 saturated heterocycles. The number of anilines is 2. The largest absolute Gasteiger partial charge is 0.368 e. The lowest BCUT2D eigenvalue weighted by atomic mass is 10.1. The van der Waals surface area contributed by atoms with Crippen molar-refractivity contribution in [3.63, 3.8) is 0 Å². The Balaban J connectivity index is 1.21. The van der Waals surface area contributed by atoms with Gasteiger partial charge in [0.15, 0.2) is 0 Å². The van der Waals surface area contributed by atoms with Crippen LogP contribution in [-0.4, -0.2) is 46.7 Å². The molecule has 0 radical (unpaired) electrons. The summed E-state index contributed by atoms with van der Waals surface area (Å²) in [7, 11) is 0. The molecule has 4 aromatic rings. The molecule has 1 N–H and O–H groups in total. The summed E-state index contributed by atoms with van der Waals surface area (Å²) in [5, 5.41) is 5.28. The van der Waals surface area contributed by atoms with Crippen LogP contribution >= 0.6 is 0 Å². The second-order valence-electron chi connectivity index (χ2n) is 7.87. The Kier molecular flexibility index (Phi) is 5.04. The summed E-state index contributed by atoms with van der Waals surface area (Å²) in [5.41, 5.74) is 4.13. The van der Waals surface area contributed by atoms with Crippen LogP contribution in [0.2, 0.25) is 0 Å². The summed E-state index contributed by atoms with van der Waals surface area (Å²) in [5.74, 6) is 0. The van der Waals surface area contributed by atoms with E-state index in [0.717, 1.165) is 40.9 Å². The van der Waals surface area contributed by atoms with E-state index in [0.29, 0.717) is 13.1 Å². The van der Waals surface area contributed by atoms with Crippen LogP contribution in [0.25, 0.3) is 16.5 Å². The molecule has 1 aliphatic heterocycles. The Morgan fingerprint density at radius 3 is 2.32 bits per heavy atom. The van der Waals surface area contributed by atoms with Gasteiger partial charge in [0.05, 0.1) is 17.7 Å². The van der Waals surface area contributed by atoms with Gasteiger partial charge in [0.2, 0.25) is 0 Å². The third kappa shape index (κ3) is 3.97. The van der Waals surface area contributed by atoms with Crippen LogP contribution < -0.4 is 10.2 Å². The van der Waals surface area contributed by atoms with Crippen LogP contribution in [0.3, 0.4) is 0 Å². The lowest BCUT2D eigenvalue weighted by molar-refractivity contribution is 0.208. The Labute approximate surface area is 181 Å². The number of rotatable bonds is 3. The quantitative estimate of drug-likeness (QED) is 0.532. The molecule has 0 bridgehead atoms. The SMILES string of the molecule is Cc1cn(-c2ccc(N3CCN(C(=O)Nc4cccc5ccccc45)CC3)cc2)cn1. The molecule has 6 nitrogen and oxygen atoms in total. The zero-order chi connectivity index (χ0) is 21.2. The number of nitrogens with zero attached hydrogens (tertiary/aromatic N) is 4. The number of imidazole rings is 1. The first-order chi connectivity index (χ1) is 15.2. The molecule has 0 saturated carbocycles. The predicted molar refractivity (Wildman–Crippen MR) is 125 cm³/mol. The highest BCUT2D eigenvalue weighted by Gasteiger charge is 2.21. The topological polar surface area (TPSA) is 53.4 Å². The van der Waals surface area contributed by atoms with Crippen molar-refractivity contribution >= 4 is 28.2 Å². The van der Waals surface area contributed by atoms with Crippen molar-refractivity contribution in [1.82, 2.24) is 14.5 Å². The Bertz CT molecular complexity index is 1200. The summed E-state index contributed by atoms with van der Waals surface area (Å²) in [4.78, 5) is 21.3. The van der Waals surface area contributed by atoms with Gasteiger partial charge in [0, 0.05) is 49.1 Å². The molecule has 1 aromatic heterocycles. The molecule has 3 aromatic carbocycles. The number of urea groups is 1. The van der Waals surface area contributed by atoms with Crippen molar-refractivity contribution < 1.29 is 4.79 Å². The van der Waals surface area contributed by atoms with Gasteiger partial charge in [-0.2, -0.15) is 0 Å². The highest BCUT2D eigenvalue weighted by atomic mass is 16.2. The van der Waals surface area contributed by atoms with E-state index in [2.05, 4.69) is 51.6 Å². The van der Waals surface area contributed by atoms with E-state index in [1.807, 2.05) is 59.2 Å². The van der Waals surface area contributed by atoms with Crippen molar-refractivity contribution in [3.8, 4) is 5.69 Å². The van der Waals surface area contributed by atoms with Crippen LogP contribution in [0.5, 0.6) is 0 Å². The number of hydrogen-bond acceptors (Lipinski definition) is 3. The number of aromatic nitrogens is 2. The van der Waals surface area contributed by atoms with Gasteiger partial charge in [-0.25, -0.2) is 9.78 Å². The average Bonchev–Trinajstić information content (AvgIpc) is 3.26. The Morgan fingerprint density at radius 1 is 0.871 bits per heavy atom. The van der Waals surface area contributed by atoms with Crippen LogP contribution in [-0.2, 0) is 0 Å². The number of benzene rings is 3. The summed E-state index contributed by atoms with van der Waals surface area (Å²) >= 11 is 0. The number of carbonyl (C=O) groups excluding carboxylic acids is 1. The summed E-state index contributed by atoms with van der Waals surface area (Å²) in [6, 6.07) is 22.5. The summed E-state index contributed by atoms with van der Waals surface area (Å²) < 4.78 is 2.02. The minimum atomic E-state index is -0.0400. The highest BCUT2D eigenvalue weighted by Crippen LogP contribution is 2.24. The summed E-state index contributed by atoms with van der Waals surface area (Å²) in [6.07, 6.45) is 3.85. The number of aryl methyl sites for hydroxylation is 1. The standard InChI is InChI=1S/C25H25N5O/c1-19-17-30(18-26-19)22-11-9-21(10-12-22)28-13-15-29(16-14-28)25(31)27-24-8-4-6-20-5-2-3-7-23(20)24/h2-12,17-18H,13-16H2,1H3,(H,27,31). The van der Waals surface area contributed by atoms with E-state index in [-0.39, 0.29) is 6.03 Å². The minimum absolute atomic E-state index is 0.0400. The molecule has 156 valence electrons. The van der Waals surface area contributed by atoms with E-state index in [1.54, 1.807) is 0 Å². The van der Waals surface area contributed by atoms with Crippen LogP contribution in [0.4, 0.5) is 16.2 Å². The molecule has 0 atom stereocenters. The smallest absolute Gasteiger partial charge is 0.321 e. The number of fused-ring (bicyclic) bond motifs is 1. The molecule has 0 aliphatic carbocycles. The predicted octanol–water partition coefficient (Wildman–Crippen LogP) is 4.69. The highest BCUT2D eigenvalue weighted by molar-refractivity contribution is 6.01. The van der Waals surface area contributed by atoms with Crippen molar-refractivity contribution in [2.45, 2.75) is 6.92 Å².